The molecule has 5 atom stereocenters. The molecule has 4 N–H and O–H groups in total. The lowest BCUT2D eigenvalue weighted by atomic mass is 9.99. The van der Waals surface area contributed by atoms with Crippen molar-refractivity contribution in [3.8, 4) is 0 Å². The number of halogens is 1. The molecular formula is C9H18ClNO5. The second-order valence-corrected chi connectivity index (χ2v) is 4.37. The average Bonchev–Trinajstić information content (AvgIpc) is 2.23. The summed E-state index contributed by atoms with van der Waals surface area (Å²) in [4.78, 5) is 1.80. The van der Waals surface area contributed by atoms with E-state index in [0.29, 0.717) is 19.0 Å². The molecule has 16 heavy (non-hydrogen) atoms. The standard InChI is InChI=1S/C9H18ClNO5/c1-11(3-2-10)4-5-6(12)7(13)8(14)9(15)16-5/h5-9,12-15H,2-4H2,1H3/t5-,6+,7+,8+,9-/m1/s1. The molecular weight excluding hydrogens is 238 g/mol. The van der Waals surface area contributed by atoms with Crippen LogP contribution in [0.15, 0.2) is 0 Å². The third-order valence-corrected chi connectivity index (χ3v) is 2.81. The second-order valence-electron chi connectivity index (χ2n) is 3.99. The zero-order chi connectivity index (χ0) is 12.3. The number of alkyl halides is 1. The van der Waals surface area contributed by atoms with Gasteiger partial charge in [-0.1, -0.05) is 0 Å². The van der Waals surface area contributed by atoms with Crippen molar-refractivity contribution < 1.29 is 25.2 Å². The number of nitrogens with zero attached hydrogens (tertiary/aromatic N) is 1. The molecule has 0 radical (unpaired) electrons. The summed E-state index contributed by atoms with van der Waals surface area (Å²) in [5.74, 6) is 0.438. The van der Waals surface area contributed by atoms with Crippen molar-refractivity contribution >= 4 is 11.6 Å². The molecule has 0 spiro atoms. The molecule has 1 aliphatic rings. The quantitative estimate of drug-likeness (QED) is 0.433. The molecule has 1 fully saturated rings. The summed E-state index contributed by atoms with van der Waals surface area (Å²) in [6.45, 7) is 0.914. The molecule has 0 saturated carbocycles. The van der Waals surface area contributed by atoms with E-state index >= 15 is 0 Å². The second kappa shape index (κ2) is 6.11. The van der Waals surface area contributed by atoms with Gasteiger partial charge in [-0.3, -0.25) is 0 Å². The van der Waals surface area contributed by atoms with Gasteiger partial charge in [-0.05, 0) is 7.05 Å². The van der Waals surface area contributed by atoms with Gasteiger partial charge in [0.05, 0.1) is 0 Å². The number of likely N-dealkylation sites (N-methyl/N-ethyl adjacent to an activating group) is 1. The van der Waals surface area contributed by atoms with Crippen molar-refractivity contribution in [3.63, 3.8) is 0 Å². The van der Waals surface area contributed by atoms with Gasteiger partial charge in [-0.25, -0.2) is 0 Å². The van der Waals surface area contributed by atoms with E-state index in [1.54, 1.807) is 11.9 Å². The lowest BCUT2D eigenvalue weighted by Gasteiger charge is -2.39. The van der Waals surface area contributed by atoms with Crippen molar-refractivity contribution in [1.29, 1.82) is 0 Å². The zero-order valence-electron chi connectivity index (χ0n) is 9.03. The molecule has 6 nitrogen and oxygen atoms in total. The first-order chi connectivity index (χ1) is 7.47. The molecule has 0 unspecified atom stereocenters. The Morgan fingerprint density at radius 1 is 1.12 bits per heavy atom. The average molecular weight is 256 g/mol. The van der Waals surface area contributed by atoms with Gasteiger partial charge in [-0.15, -0.1) is 11.6 Å². The van der Waals surface area contributed by atoms with Crippen LogP contribution in [-0.4, -0.2) is 82.0 Å². The Morgan fingerprint density at radius 3 is 2.31 bits per heavy atom. The first-order valence-corrected chi connectivity index (χ1v) is 5.63. The fourth-order valence-electron chi connectivity index (χ4n) is 1.62. The van der Waals surface area contributed by atoms with Gasteiger partial charge >= 0.3 is 0 Å². The maximum Gasteiger partial charge on any atom is 0.184 e. The Bertz CT molecular complexity index is 220. The molecule has 96 valence electrons. The van der Waals surface area contributed by atoms with Crippen molar-refractivity contribution in [2.24, 2.45) is 0 Å². The topological polar surface area (TPSA) is 93.4 Å². The first kappa shape index (κ1) is 14.1. The largest absolute Gasteiger partial charge is 0.388 e. The minimum atomic E-state index is -1.48. The monoisotopic (exact) mass is 255 g/mol. The van der Waals surface area contributed by atoms with Crippen LogP contribution in [0.2, 0.25) is 0 Å². The molecule has 0 bridgehead atoms. The molecule has 1 heterocycles. The molecule has 1 rings (SSSR count). The van der Waals surface area contributed by atoms with Crippen LogP contribution in [0, 0.1) is 0 Å². The van der Waals surface area contributed by atoms with E-state index in [9.17, 15) is 20.4 Å². The smallest absolute Gasteiger partial charge is 0.184 e. The predicted octanol–water partition coefficient (Wildman–Crippen LogP) is -2.04. The summed E-state index contributed by atoms with van der Waals surface area (Å²) in [5.41, 5.74) is 0. The summed E-state index contributed by atoms with van der Waals surface area (Å²) in [6.07, 6.45) is -6.34. The molecule has 1 aliphatic heterocycles. The first-order valence-electron chi connectivity index (χ1n) is 5.09. The van der Waals surface area contributed by atoms with E-state index in [2.05, 4.69) is 0 Å². The Labute approximate surface area is 99.0 Å². The lowest BCUT2D eigenvalue weighted by Crippen LogP contribution is -2.59. The van der Waals surface area contributed by atoms with E-state index in [4.69, 9.17) is 16.3 Å². The van der Waals surface area contributed by atoms with E-state index in [-0.39, 0.29) is 0 Å². The number of rotatable bonds is 4. The van der Waals surface area contributed by atoms with Crippen molar-refractivity contribution in [3.05, 3.63) is 0 Å². The highest BCUT2D eigenvalue weighted by Crippen LogP contribution is 2.20. The van der Waals surface area contributed by atoms with Gasteiger partial charge in [0, 0.05) is 19.0 Å². The molecule has 0 aromatic rings. The van der Waals surface area contributed by atoms with Crippen LogP contribution in [0.1, 0.15) is 0 Å². The SMILES string of the molecule is CN(CCCl)C[C@H]1O[C@@H](O)[C@@H](O)[C@@H](O)[C@H]1O. The van der Waals surface area contributed by atoms with Crippen molar-refractivity contribution in [1.82, 2.24) is 4.90 Å². The summed E-state index contributed by atoms with van der Waals surface area (Å²) < 4.78 is 5.01. The van der Waals surface area contributed by atoms with Gasteiger partial charge < -0.3 is 30.1 Å². The molecule has 1 saturated heterocycles. The minimum Gasteiger partial charge on any atom is -0.388 e. The van der Waals surface area contributed by atoms with Crippen LogP contribution in [0.5, 0.6) is 0 Å². The van der Waals surface area contributed by atoms with Gasteiger partial charge in [0.15, 0.2) is 6.29 Å². The number of aliphatic hydroxyl groups excluding tert-OH is 4. The van der Waals surface area contributed by atoms with Gasteiger partial charge in [0.25, 0.3) is 0 Å². The highest BCUT2D eigenvalue weighted by Gasteiger charge is 2.43. The maximum atomic E-state index is 9.64. The summed E-state index contributed by atoms with van der Waals surface area (Å²) in [6, 6.07) is 0. The highest BCUT2D eigenvalue weighted by atomic mass is 35.5. The fourth-order valence-corrected chi connectivity index (χ4v) is 1.91. The highest BCUT2D eigenvalue weighted by molar-refractivity contribution is 6.18. The molecule has 7 heteroatoms. The number of hydrogen-bond donors (Lipinski definition) is 4. The Hall–Kier alpha value is 0.0500. The van der Waals surface area contributed by atoms with Crippen LogP contribution in [0.25, 0.3) is 0 Å². The third kappa shape index (κ3) is 3.27. The van der Waals surface area contributed by atoms with Crippen LogP contribution < -0.4 is 0 Å². The van der Waals surface area contributed by atoms with Crippen LogP contribution in [-0.2, 0) is 4.74 Å². The third-order valence-electron chi connectivity index (χ3n) is 2.64. The van der Waals surface area contributed by atoms with E-state index < -0.39 is 30.7 Å². The van der Waals surface area contributed by atoms with Crippen LogP contribution in [0.4, 0.5) is 0 Å². The van der Waals surface area contributed by atoms with Crippen LogP contribution >= 0.6 is 11.6 Å². The van der Waals surface area contributed by atoms with E-state index in [0.717, 1.165) is 0 Å². The Balaban J connectivity index is 2.53. The van der Waals surface area contributed by atoms with E-state index in [1.807, 2.05) is 0 Å². The predicted molar refractivity (Wildman–Crippen MR) is 57.1 cm³/mol. The van der Waals surface area contributed by atoms with Crippen molar-refractivity contribution in [2.45, 2.75) is 30.7 Å². The van der Waals surface area contributed by atoms with Gasteiger partial charge in [0.2, 0.25) is 0 Å². The van der Waals surface area contributed by atoms with Crippen molar-refractivity contribution in [2.75, 3.05) is 26.0 Å². The zero-order valence-corrected chi connectivity index (χ0v) is 9.79. The molecule has 0 aliphatic carbocycles. The maximum absolute atomic E-state index is 9.64. The summed E-state index contributed by atoms with van der Waals surface area (Å²) >= 11 is 5.55. The normalized spacial score (nSPS) is 40.3. The van der Waals surface area contributed by atoms with Gasteiger partial charge in [-0.2, -0.15) is 0 Å². The number of ether oxygens (including phenoxy) is 1. The molecule has 0 amide bonds. The summed E-state index contributed by atoms with van der Waals surface area (Å²) in [5, 5.41) is 37.6. The molecule has 0 aromatic heterocycles. The summed E-state index contributed by atoms with van der Waals surface area (Å²) in [7, 11) is 1.78. The Kier molecular flexibility index (Phi) is 5.39. The number of hydrogen-bond acceptors (Lipinski definition) is 6. The minimum absolute atomic E-state index is 0.314. The van der Waals surface area contributed by atoms with Gasteiger partial charge in [0.1, 0.15) is 24.4 Å². The lowest BCUT2D eigenvalue weighted by molar-refractivity contribution is -0.283. The number of aliphatic hydroxyl groups is 4. The Morgan fingerprint density at radius 2 is 1.75 bits per heavy atom. The van der Waals surface area contributed by atoms with E-state index in [1.165, 1.54) is 0 Å². The molecule has 0 aromatic carbocycles. The fraction of sp³-hybridized carbons (Fsp3) is 1.00. The van der Waals surface area contributed by atoms with Crippen LogP contribution in [0.3, 0.4) is 0 Å².